The fourth-order valence-electron chi connectivity index (χ4n) is 2.58. The molecule has 1 aliphatic heterocycles. The monoisotopic (exact) mass is 360 g/mol. The summed E-state index contributed by atoms with van der Waals surface area (Å²) in [7, 11) is -1.71. The summed E-state index contributed by atoms with van der Waals surface area (Å²) >= 11 is 1.69. The van der Waals surface area contributed by atoms with Gasteiger partial charge in [-0.25, -0.2) is 4.98 Å². The number of rotatable bonds is 5. The quantitative estimate of drug-likeness (QED) is 0.663. The standard InChI is InChI=1S/C17H24N4OSSi/c1-6-21(7-2)12-8-9-14-13(10-12)19-16-15(23-14)11-18-17(20-16)22-24(3,4)5/h8-11H,6-7H2,1-5H3,(H,18,19,20). The smallest absolute Gasteiger partial charge is 0.304 e. The van der Waals surface area contributed by atoms with E-state index in [2.05, 4.69) is 71.9 Å². The van der Waals surface area contributed by atoms with E-state index in [1.165, 1.54) is 10.6 Å². The molecule has 128 valence electrons. The van der Waals surface area contributed by atoms with Gasteiger partial charge in [0.1, 0.15) is 0 Å². The van der Waals surface area contributed by atoms with Gasteiger partial charge in [0, 0.05) is 23.7 Å². The molecule has 0 spiro atoms. The summed E-state index contributed by atoms with van der Waals surface area (Å²) in [5.41, 5.74) is 2.32. The van der Waals surface area contributed by atoms with Crippen LogP contribution in [0.1, 0.15) is 13.8 Å². The number of benzene rings is 1. The Balaban J connectivity index is 1.89. The lowest BCUT2D eigenvalue weighted by atomic mass is 10.2. The Hall–Kier alpha value is -1.73. The lowest BCUT2D eigenvalue weighted by Crippen LogP contribution is -2.30. The molecule has 0 fully saturated rings. The first kappa shape index (κ1) is 17.1. The number of hydrogen-bond donors (Lipinski definition) is 1. The molecule has 0 saturated heterocycles. The van der Waals surface area contributed by atoms with Gasteiger partial charge in [0.25, 0.3) is 0 Å². The van der Waals surface area contributed by atoms with Crippen LogP contribution in [0.25, 0.3) is 0 Å². The minimum atomic E-state index is -1.71. The average Bonchev–Trinajstić information content (AvgIpc) is 2.52. The molecule has 5 nitrogen and oxygen atoms in total. The zero-order valence-electron chi connectivity index (χ0n) is 14.9. The Morgan fingerprint density at radius 1 is 1.17 bits per heavy atom. The molecule has 1 N–H and O–H groups in total. The highest BCUT2D eigenvalue weighted by Crippen LogP contribution is 2.44. The molecule has 1 aromatic carbocycles. The Labute approximate surface area is 149 Å². The molecule has 0 amide bonds. The molecule has 1 aromatic heterocycles. The van der Waals surface area contributed by atoms with Gasteiger partial charge in [-0.1, -0.05) is 11.8 Å². The van der Waals surface area contributed by atoms with Gasteiger partial charge in [-0.15, -0.1) is 0 Å². The minimum Gasteiger partial charge on any atom is -0.518 e. The van der Waals surface area contributed by atoms with Gasteiger partial charge in [-0.2, -0.15) is 4.98 Å². The molecule has 2 aromatic rings. The molecule has 1 aliphatic rings. The Bertz CT molecular complexity index is 744. The highest BCUT2D eigenvalue weighted by atomic mass is 32.2. The van der Waals surface area contributed by atoms with Crippen molar-refractivity contribution in [2.24, 2.45) is 0 Å². The Morgan fingerprint density at radius 3 is 2.58 bits per heavy atom. The van der Waals surface area contributed by atoms with E-state index in [1.54, 1.807) is 11.8 Å². The van der Waals surface area contributed by atoms with Gasteiger partial charge in [-0.05, 0) is 51.7 Å². The maximum absolute atomic E-state index is 5.91. The summed E-state index contributed by atoms with van der Waals surface area (Å²) in [6.07, 6.45) is 1.84. The van der Waals surface area contributed by atoms with Crippen LogP contribution in [-0.4, -0.2) is 31.4 Å². The second-order valence-corrected chi connectivity index (χ2v) is 12.2. The van der Waals surface area contributed by atoms with Crippen LogP contribution >= 0.6 is 11.8 Å². The van der Waals surface area contributed by atoms with E-state index in [9.17, 15) is 0 Å². The molecule has 3 rings (SSSR count). The largest absolute Gasteiger partial charge is 0.518 e. The summed E-state index contributed by atoms with van der Waals surface area (Å²) in [6.45, 7) is 12.7. The molecule has 0 saturated carbocycles. The molecule has 0 aliphatic carbocycles. The predicted molar refractivity (Wildman–Crippen MR) is 103 cm³/mol. The molecule has 0 bridgehead atoms. The second kappa shape index (κ2) is 6.64. The summed E-state index contributed by atoms with van der Waals surface area (Å²) < 4.78 is 5.91. The fourth-order valence-corrected chi connectivity index (χ4v) is 4.12. The maximum Gasteiger partial charge on any atom is 0.304 e. The van der Waals surface area contributed by atoms with Crippen molar-refractivity contribution >= 4 is 37.3 Å². The molecule has 0 radical (unpaired) electrons. The first-order valence-corrected chi connectivity index (χ1v) is 12.5. The van der Waals surface area contributed by atoms with Crippen LogP contribution in [0.3, 0.4) is 0 Å². The highest BCUT2D eigenvalue weighted by molar-refractivity contribution is 7.99. The molecule has 2 heterocycles. The van der Waals surface area contributed by atoms with Crippen LogP contribution in [0, 0.1) is 0 Å². The maximum atomic E-state index is 5.91. The SMILES string of the molecule is CCN(CC)c1ccc2c(c1)Nc1nc(O[Si](C)(C)C)ncc1S2. The number of hydrogen-bond acceptors (Lipinski definition) is 6. The zero-order valence-corrected chi connectivity index (χ0v) is 16.7. The van der Waals surface area contributed by atoms with E-state index >= 15 is 0 Å². The minimum absolute atomic E-state index is 0.462. The van der Waals surface area contributed by atoms with Crippen molar-refractivity contribution in [2.45, 2.75) is 43.3 Å². The second-order valence-electron chi connectivity index (χ2n) is 6.66. The molecule has 0 unspecified atom stereocenters. The van der Waals surface area contributed by atoms with Crippen molar-refractivity contribution < 1.29 is 4.43 Å². The number of fused-ring (bicyclic) bond motifs is 2. The normalized spacial score (nSPS) is 12.9. The topological polar surface area (TPSA) is 50.3 Å². The number of nitrogens with one attached hydrogen (secondary N) is 1. The van der Waals surface area contributed by atoms with E-state index < -0.39 is 8.32 Å². The average molecular weight is 361 g/mol. The summed E-state index contributed by atoms with van der Waals surface area (Å²) in [6, 6.07) is 6.99. The lowest BCUT2D eigenvalue weighted by Gasteiger charge is -2.25. The van der Waals surface area contributed by atoms with E-state index in [0.717, 1.165) is 29.5 Å². The highest BCUT2D eigenvalue weighted by Gasteiger charge is 2.22. The van der Waals surface area contributed by atoms with Gasteiger partial charge < -0.3 is 14.6 Å². The van der Waals surface area contributed by atoms with Gasteiger partial charge in [0.05, 0.1) is 16.8 Å². The van der Waals surface area contributed by atoms with Gasteiger partial charge in [0.2, 0.25) is 8.32 Å². The third kappa shape index (κ3) is 3.67. The Morgan fingerprint density at radius 2 is 1.92 bits per heavy atom. The van der Waals surface area contributed by atoms with E-state index in [1.807, 2.05) is 6.20 Å². The summed E-state index contributed by atoms with van der Waals surface area (Å²) in [5, 5.41) is 3.45. The van der Waals surface area contributed by atoms with Crippen LogP contribution in [0.4, 0.5) is 17.2 Å². The summed E-state index contributed by atoms with van der Waals surface area (Å²) in [5.74, 6) is 0.826. The number of nitrogens with zero attached hydrogens (tertiary/aromatic N) is 3. The van der Waals surface area contributed by atoms with Crippen LogP contribution in [-0.2, 0) is 0 Å². The van der Waals surface area contributed by atoms with Crippen molar-refractivity contribution in [2.75, 3.05) is 23.3 Å². The lowest BCUT2D eigenvalue weighted by molar-refractivity contribution is 0.508. The van der Waals surface area contributed by atoms with Gasteiger partial charge >= 0.3 is 6.01 Å². The molecular formula is C17H24N4OSSi. The third-order valence-electron chi connectivity index (χ3n) is 3.70. The molecular weight excluding hydrogens is 336 g/mol. The first-order chi connectivity index (χ1) is 11.4. The van der Waals surface area contributed by atoms with Crippen LogP contribution in [0.15, 0.2) is 34.2 Å². The van der Waals surface area contributed by atoms with Gasteiger partial charge in [0.15, 0.2) is 5.82 Å². The first-order valence-electron chi connectivity index (χ1n) is 8.29. The van der Waals surface area contributed by atoms with Crippen molar-refractivity contribution in [1.29, 1.82) is 0 Å². The Kier molecular flexibility index (Phi) is 4.73. The van der Waals surface area contributed by atoms with E-state index in [0.29, 0.717) is 6.01 Å². The number of anilines is 3. The van der Waals surface area contributed by atoms with E-state index in [4.69, 9.17) is 4.43 Å². The van der Waals surface area contributed by atoms with Gasteiger partial charge in [-0.3, -0.25) is 0 Å². The molecule has 7 heteroatoms. The van der Waals surface area contributed by atoms with Crippen LogP contribution in [0.5, 0.6) is 6.01 Å². The van der Waals surface area contributed by atoms with Crippen molar-refractivity contribution in [1.82, 2.24) is 9.97 Å². The summed E-state index contributed by atoms with van der Waals surface area (Å²) in [4.78, 5) is 13.5. The third-order valence-corrected chi connectivity index (χ3v) is 5.58. The van der Waals surface area contributed by atoms with E-state index in [-0.39, 0.29) is 0 Å². The van der Waals surface area contributed by atoms with Crippen molar-refractivity contribution in [3.05, 3.63) is 24.4 Å². The van der Waals surface area contributed by atoms with Crippen molar-refractivity contribution in [3.63, 3.8) is 0 Å². The van der Waals surface area contributed by atoms with Crippen molar-refractivity contribution in [3.8, 4) is 6.01 Å². The fraction of sp³-hybridized carbons (Fsp3) is 0.412. The predicted octanol–water partition coefficient (Wildman–Crippen LogP) is 4.74. The zero-order chi connectivity index (χ0) is 17.3. The molecule has 24 heavy (non-hydrogen) atoms. The number of aromatic nitrogens is 2. The van der Waals surface area contributed by atoms with Crippen LogP contribution in [0.2, 0.25) is 19.6 Å². The molecule has 0 atom stereocenters. The van der Waals surface area contributed by atoms with Crippen LogP contribution < -0.4 is 14.6 Å².